The van der Waals surface area contributed by atoms with Crippen molar-refractivity contribution in [2.75, 3.05) is 49.4 Å². The van der Waals surface area contributed by atoms with E-state index in [2.05, 4.69) is 20.8 Å². The molecule has 0 aromatic carbocycles. The number of hydrogen-bond acceptors (Lipinski definition) is 5. The Labute approximate surface area is 111 Å². The topological polar surface area (TPSA) is 74.8 Å². The minimum atomic E-state index is -3.67. The molecule has 6 nitrogen and oxygen atoms in total. The molecule has 0 aliphatic carbocycles. The zero-order chi connectivity index (χ0) is 13.1. The third-order valence-corrected chi connectivity index (χ3v) is 6.90. The van der Waals surface area contributed by atoms with Gasteiger partial charge >= 0.3 is 0 Å². The van der Waals surface area contributed by atoms with Crippen molar-refractivity contribution in [2.24, 2.45) is 0 Å². The number of rotatable bonds is 5. The molecular weight excluding hydrogens is 332 g/mol. The Kier molecular flexibility index (Phi) is 5.39. The second-order valence-corrected chi connectivity index (χ2v) is 9.35. The number of alkyl halides is 1. The zero-order valence-corrected chi connectivity index (χ0v) is 12.9. The molecule has 0 radical (unpaired) electrons. The van der Waals surface area contributed by atoms with E-state index >= 15 is 0 Å². The van der Waals surface area contributed by atoms with Gasteiger partial charge < -0.3 is 0 Å². The molecule has 0 bridgehead atoms. The summed E-state index contributed by atoms with van der Waals surface area (Å²) in [6.45, 7) is 2.90. The summed E-state index contributed by atoms with van der Waals surface area (Å²) >= 11 is 3.33. The van der Waals surface area contributed by atoms with Gasteiger partial charge in [0, 0.05) is 44.3 Å². The third-order valence-electron chi connectivity index (χ3n) is 2.49. The summed E-state index contributed by atoms with van der Waals surface area (Å²) in [5, 5.41) is 0.0571. The maximum atomic E-state index is 11.8. The fourth-order valence-electron chi connectivity index (χ4n) is 1.70. The number of sulfone groups is 1. The Balaban J connectivity index is 2.59. The minimum absolute atomic E-state index is 0.366. The van der Waals surface area contributed by atoms with E-state index < -0.39 is 24.9 Å². The Hall–Kier alpha value is 0.300. The van der Waals surface area contributed by atoms with Gasteiger partial charge in [0.15, 0.2) is 14.9 Å². The van der Waals surface area contributed by atoms with Crippen molar-refractivity contribution >= 4 is 35.8 Å². The highest BCUT2D eigenvalue weighted by molar-refractivity contribution is 9.09. The van der Waals surface area contributed by atoms with E-state index in [-0.39, 0.29) is 0 Å². The van der Waals surface area contributed by atoms with Crippen LogP contribution in [0.15, 0.2) is 0 Å². The number of piperazine rings is 1. The highest BCUT2D eigenvalue weighted by Gasteiger charge is 2.29. The molecule has 102 valence electrons. The van der Waals surface area contributed by atoms with Crippen LogP contribution in [0.25, 0.3) is 0 Å². The summed E-state index contributed by atoms with van der Waals surface area (Å²) in [4.78, 5) is 2.14. The van der Waals surface area contributed by atoms with Gasteiger partial charge in [0.25, 0.3) is 0 Å². The van der Waals surface area contributed by atoms with Crippen molar-refractivity contribution in [1.82, 2.24) is 9.21 Å². The molecule has 1 rings (SSSR count). The lowest BCUT2D eigenvalue weighted by atomic mass is 10.4. The van der Waals surface area contributed by atoms with E-state index in [1.54, 1.807) is 0 Å². The molecule has 0 N–H and O–H groups in total. The van der Waals surface area contributed by atoms with Gasteiger partial charge in [-0.25, -0.2) is 16.8 Å². The standard InChI is InChI=1S/C8H17BrN2O4S2/c1-16(12,13)8-17(14,15)11-6-4-10(3-2-9)5-7-11/h2-8H2,1H3. The molecule has 0 unspecified atom stereocenters. The van der Waals surface area contributed by atoms with E-state index in [0.29, 0.717) is 26.2 Å². The molecular formula is C8H17BrN2O4S2. The minimum Gasteiger partial charge on any atom is -0.300 e. The highest BCUT2D eigenvalue weighted by atomic mass is 79.9. The van der Waals surface area contributed by atoms with Crippen molar-refractivity contribution in [1.29, 1.82) is 0 Å². The molecule has 1 aliphatic rings. The first-order valence-corrected chi connectivity index (χ1v) is 9.97. The monoisotopic (exact) mass is 348 g/mol. The maximum absolute atomic E-state index is 11.8. The molecule has 0 amide bonds. The highest BCUT2D eigenvalue weighted by Crippen LogP contribution is 2.09. The molecule has 0 spiro atoms. The lowest BCUT2D eigenvalue weighted by molar-refractivity contribution is 0.198. The Morgan fingerprint density at radius 3 is 2.00 bits per heavy atom. The molecule has 0 atom stereocenters. The van der Waals surface area contributed by atoms with Gasteiger partial charge in [-0.15, -0.1) is 0 Å². The molecule has 0 aromatic rings. The molecule has 1 aliphatic heterocycles. The molecule has 1 heterocycles. The van der Waals surface area contributed by atoms with Crippen LogP contribution in [-0.4, -0.2) is 75.4 Å². The van der Waals surface area contributed by atoms with Crippen molar-refractivity contribution in [3.63, 3.8) is 0 Å². The van der Waals surface area contributed by atoms with Crippen LogP contribution in [-0.2, 0) is 19.9 Å². The van der Waals surface area contributed by atoms with Gasteiger partial charge in [-0.1, -0.05) is 15.9 Å². The molecule has 0 saturated carbocycles. The van der Waals surface area contributed by atoms with Crippen LogP contribution in [0.2, 0.25) is 0 Å². The molecule has 1 saturated heterocycles. The quantitative estimate of drug-likeness (QED) is 0.616. The van der Waals surface area contributed by atoms with Crippen LogP contribution in [0, 0.1) is 0 Å². The van der Waals surface area contributed by atoms with Crippen LogP contribution in [0.1, 0.15) is 0 Å². The van der Waals surface area contributed by atoms with Gasteiger partial charge in [-0.3, -0.25) is 4.90 Å². The van der Waals surface area contributed by atoms with E-state index in [1.807, 2.05) is 0 Å². The van der Waals surface area contributed by atoms with E-state index in [0.717, 1.165) is 18.1 Å². The van der Waals surface area contributed by atoms with Crippen molar-refractivity contribution in [3.8, 4) is 0 Å². The van der Waals surface area contributed by atoms with Crippen LogP contribution in [0.3, 0.4) is 0 Å². The zero-order valence-electron chi connectivity index (χ0n) is 9.67. The molecule has 17 heavy (non-hydrogen) atoms. The predicted molar refractivity (Wildman–Crippen MR) is 70.4 cm³/mol. The molecule has 0 aromatic heterocycles. The fraction of sp³-hybridized carbons (Fsp3) is 1.00. The predicted octanol–water partition coefficient (Wildman–Crippen LogP) is -0.669. The van der Waals surface area contributed by atoms with Crippen molar-refractivity contribution in [2.45, 2.75) is 0 Å². The number of sulfonamides is 1. The lowest BCUT2D eigenvalue weighted by Crippen LogP contribution is -2.50. The normalized spacial score (nSPS) is 20.6. The van der Waals surface area contributed by atoms with E-state index in [4.69, 9.17) is 0 Å². The first-order chi connectivity index (χ1) is 7.74. The number of nitrogens with zero attached hydrogens (tertiary/aromatic N) is 2. The summed E-state index contributed by atoms with van der Waals surface area (Å²) in [7, 11) is -7.18. The SMILES string of the molecule is CS(=O)(=O)CS(=O)(=O)N1CCN(CCBr)CC1. The Morgan fingerprint density at radius 2 is 1.59 bits per heavy atom. The van der Waals surface area contributed by atoms with Crippen LogP contribution < -0.4 is 0 Å². The average Bonchev–Trinajstić information content (AvgIpc) is 2.15. The van der Waals surface area contributed by atoms with Crippen molar-refractivity contribution < 1.29 is 16.8 Å². The molecule has 9 heteroatoms. The van der Waals surface area contributed by atoms with Gasteiger partial charge in [-0.05, 0) is 0 Å². The first-order valence-electron chi connectivity index (χ1n) is 5.18. The summed E-state index contributed by atoms with van der Waals surface area (Å²) < 4.78 is 46.9. The second-order valence-electron chi connectivity index (χ2n) is 4.09. The summed E-state index contributed by atoms with van der Waals surface area (Å²) in [5.74, 6) is 0. The Bertz CT molecular complexity index is 440. The fourth-order valence-corrected chi connectivity index (χ4v) is 5.68. The van der Waals surface area contributed by atoms with Crippen LogP contribution in [0.5, 0.6) is 0 Å². The summed E-state index contributed by atoms with van der Waals surface area (Å²) in [5.41, 5.74) is 0. The second kappa shape index (κ2) is 5.96. The van der Waals surface area contributed by atoms with Crippen molar-refractivity contribution in [3.05, 3.63) is 0 Å². The van der Waals surface area contributed by atoms with Gasteiger partial charge in [0.05, 0.1) is 0 Å². The maximum Gasteiger partial charge on any atom is 0.228 e. The third kappa shape index (κ3) is 5.21. The first kappa shape index (κ1) is 15.4. The van der Waals surface area contributed by atoms with Gasteiger partial charge in [0.2, 0.25) is 10.0 Å². The lowest BCUT2D eigenvalue weighted by Gasteiger charge is -2.33. The number of hydrogen-bond donors (Lipinski definition) is 0. The Morgan fingerprint density at radius 1 is 1.06 bits per heavy atom. The van der Waals surface area contributed by atoms with Crippen LogP contribution in [0.4, 0.5) is 0 Å². The smallest absolute Gasteiger partial charge is 0.228 e. The average molecular weight is 349 g/mol. The number of halogens is 1. The summed E-state index contributed by atoms with van der Waals surface area (Å²) in [6.07, 6.45) is 0.936. The van der Waals surface area contributed by atoms with E-state index in [9.17, 15) is 16.8 Å². The largest absolute Gasteiger partial charge is 0.300 e. The van der Waals surface area contributed by atoms with Gasteiger partial charge in [-0.2, -0.15) is 4.31 Å². The van der Waals surface area contributed by atoms with Gasteiger partial charge in [0.1, 0.15) is 0 Å². The van der Waals surface area contributed by atoms with E-state index in [1.165, 1.54) is 4.31 Å². The van der Waals surface area contributed by atoms with Crippen LogP contribution >= 0.6 is 15.9 Å². The summed E-state index contributed by atoms with van der Waals surface area (Å²) in [6, 6.07) is 0. The molecule has 1 fully saturated rings.